The highest BCUT2D eigenvalue weighted by molar-refractivity contribution is 6.15. The van der Waals surface area contributed by atoms with Gasteiger partial charge in [-0.05, 0) is 23.3 Å². The Hall–Kier alpha value is -4.52. The minimum atomic E-state index is -1.25. The Balaban J connectivity index is 1.79. The van der Waals surface area contributed by atoms with Crippen LogP contribution in [0.5, 0.6) is 0 Å². The lowest BCUT2D eigenvalue weighted by Crippen LogP contribution is -2.40. The first-order valence-corrected chi connectivity index (χ1v) is 10.4. The van der Waals surface area contributed by atoms with Crippen LogP contribution in [-0.2, 0) is 22.4 Å². The quantitative estimate of drug-likeness (QED) is 0.471. The number of carbonyl (C=O) groups is 3. The van der Waals surface area contributed by atoms with Crippen molar-refractivity contribution in [2.75, 3.05) is 4.90 Å². The van der Waals surface area contributed by atoms with Crippen LogP contribution in [0, 0.1) is 0 Å². The smallest absolute Gasteiger partial charge is 0.356 e. The molecule has 4 rings (SSSR count). The second-order valence-corrected chi connectivity index (χ2v) is 7.39. The van der Waals surface area contributed by atoms with Crippen LogP contribution in [0.2, 0.25) is 0 Å². The molecule has 0 aliphatic heterocycles. The number of carbonyl (C=O) groups excluding carboxylic acids is 2. The van der Waals surface area contributed by atoms with E-state index in [4.69, 9.17) is 0 Å². The number of carboxylic acid groups (broad SMARTS) is 1. The molecule has 0 saturated carbocycles. The van der Waals surface area contributed by atoms with Crippen LogP contribution in [-0.4, -0.2) is 32.7 Å². The van der Waals surface area contributed by atoms with Crippen molar-refractivity contribution in [1.82, 2.24) is 9.78 Å². The zero-order chi connectivity index (χ0) is 23.2. The van der Waals surface area contributed by atoms with E-state index in [0.717, 1.165) is 16.0 Å². The molecular formula is C26H21N3O4. The first-order valence-electron chi connectivity index (χ1n) is 10.4. The zero-order valence-electron chi connectivity index (χ0n) is 17.7. The van der Waals surface area contributed by atoms with E-state index in [1.807, 2.05) is 42.5 Å². The first-order chi connectivity index (χ1) is 16.0. The van der Waals surface area contributed by atoms with Crippen molar-refractivity contribution in [2.24, 2.45) is 0 Å². The summed E-state index contributed by atoms with van der Waals surface area (Å²) in [6, 6.07) is 28.2. The fourth-order valence-electron chi connectivity index (χ4n) is 3.49. The normalized spacial score (nSPS) is 10.5. The molecule has 3 aromatic carbocycles. The highest BCUT2D eigenvalue weighted by Gasteiger charge is 2.29. The molecule has 7 heteroatoms. The Bertz CT molecular complexity index is 1220. The van der Waals surface area contributed by atoms with Gasteiger partial charge in [-0.25, -0.2) is 14.4 Å². The number of benzene rings is 3. The number of hydrogen-bond acceptors (Lipinski definition) is 4. The summed E-state index contributed by atoms with van der Waals surface area (Å²) in [7, 11) is 0. The standard InChI is InChI=1S/C26H21N3O4/c30-24(16-19-10-4-1-5-11-19)28(25(31)17-20-12-6-2-7-13-20)23-18-22(26(32)33)27-29(23)21-14-8-3-9-15-21/h1-15,18H,16-17H2,(H,32,33). The number of imide groups is 1. The summed E-state index contributed by atoms with van der Waals surface area (Å²) < 4.78 is 1.31. The topological polar surface area (TPSA) is 92.5 Å². The SMILES string of the molecule is O=C(O)c1cc(N(C(=O)Cc2ccccc2)C(=O)Cc2ccccc2)n(-c2ccccc2)n1. The number of para-hydroxylation sites is 1. The van der Waals surface area contributed by atoms with Gasteiger partial charge in [0.1, 0.15) is 5.82 Å². The number of nitrogens with zero attached hydrogens (tertiary/aromatic N) is 3. The maximum atomic E-state index is 13.4. The number of aromatic carboxylic acids is 1. The van der Waals surface area contributed by atoms with Crippen molar-refractivity contribution < 1.29 is 19.5 Å². The molecule has 0 spiro atoms. The zero-order valence-corrected chi connectivity index (χ0v) is 17.7. The molecule has 0 bridgehead atoms. The van der Waals surface area contributed by atoms with E-state index in [1.54, 1.807) is 48.5 Å². The van der Waals surface area contributed by atoms with Gasteiger partial charge in [-0.1, -0.05) is 78.9 Å². The predicted octanol–water partition coefficient (Wildman–Crippen LogP) is 3.92. The van der Waals surface area contributed by atoms with Crippen molar-refractivity contribution in [3.63, 3.8) is 0 Å². The number of hydrogen-bond donors (Lipinski definition) is 1. The molecule has 33 heavy (non-hydrogen) atoms. The summed E-state index contributed by atoms with van der Waals surface area (Å²) in [4.78, 5) is 39.6. The lowest BCUT2D eigenvalue weighted by molar-refractivity contribution is -0.125. The van der Waals surface area contributed by atoms with Gasteiger partial charge in [0.15, 0.2) is 5.69 Å². The van der Waals surface area contributed by atoms with Crippen LogP contribution >= 0.6 is 0 Å². The van der Waals surface area contributed by atoms with Crippen molar-refractivity contribution in [3.8, 4) is 5.69 Å². The molecular weight excluding hydrogens is 418 g/mol. The lowest BCUT2D eigenvalue weighted by atomic mass is 10.1. The molecule has 4 aromatic rings. The minimum absolute atomic E-state index is 0.0241. The Morgan fingerprint density at radius 1 is 0.727 bits per heavy atom. The molecule has 0 atom stereocenters. The molecule has 7 nitrogen and oxygen atoms in total. The summed E-state index contributed by atoms with van der Waals surface area (Å²) in [5.74, 6) is -2.12. The van der Waals surface area contributed by atoms with Crippen LogP contribution in [0.1, 0.15) is 21.6 Å². The van der Waals surface area contributed by atoms with Gasteiger partial charge < -0.3 is 5.11 Å². The second-order valence-electron chi connectivity index (χ2n) is 7.39. The molecule has 0 saturated heterocycles. The van der Waals surface area contributed by atoms with E-state index in [9.17, 15) is 19.5 Å². The highest BCUT2D eigenvalue weighted by Crippen LogP contribution is 2.24. The van der Waals surface area contributed by atoms with E-state index in [-0.39, 0.29) is 24.4 Å². The van der Waals surface area contributed by atoms with E-state index in [2.05, 4.69) is 5.10 Å². The van der Waals surface area contributed by atoms with Gasteiger partial charge in [-0.15, -0.1) is 0 Å². The van der Waals surface area contributed by atoms with Crippen LogP contribution in [0.3, 0.4) is 0 Å². The average Bonchev–Trinajstić information content (AvgIpc) is 3.26. The van der Waals surface area contributed by atoms with E-state index in [0.29, 0.717) is 5.69 Å². The summed E-state index contributed by atoms with van der Waals surface area (Å²) in [6.07, 6.45) is -0.0481. The Labute approximate surface area is 190 Å². The molecule has 0 unspecified atom stereocenters. The summed E-state index contributed by atoms with van der Waals surface area (Å²) >= 11 is 0. The molecule has 0 aliphatic carbocycles. The largest absolute Gasteiger partial charge is 0.476 e. The van der Waals surface area contributed by atoms with E-state index in [1.165, 1.54) is 10.7 Å². The number of carboxylic acids is 1. The van der Waals surface area contributed by atoms with Crippen LogP contribution in [0.25, 0.3) is 5.69 Å². The molecule has 1 heterocycles. The van der Waals surface area contributed by atoms with Gasteiger partial charge in [-0.2, -0.15) is 5.10 Å². The summed E-state index contributed by atoms with van der Waals surface area (Å²) in [6.45, 7) is 0. The fourth-order valence-corrected chi connectivity index (χ4v) is 3.49. The van der Waals surface area contributed by atoms with Gasteiger partial charge in [-0.3, -0.25) is 9.59 Å². The van der Waals surface area contributed by atoms with Gasteiger partial charge in [0, 0.05) is 6.07 Å². The first kappa shape index (κ1) is 21.7. The van der Waals surface area contributed by atoms with Crippen molar-refractivity contribution >= 4 is 23.6 Å². The lowest BCUT2D eigenvalue weighted by Gasteiger charge is -2.22. The summed E-state index contributed by atoms with van der Waals surface area (Å²) in [5, 5.41) is 13.7. The van der Waals surface area contributed by atoms with Crippen molar-refractivity contribution in [3.05, 3.63) is 114 Å². The predicted molar refractivity (Wildman–Crippen MR) is 123 cm³/mol. The van der Waals surface area contributed by atoms with Gasteiger partial charge in [0.2, 0.25) is 11.8 Å². The van der Waals surface area contributed by atoms with Gasteiger partial charge in [0.25, 0.3) is 0 Å². The third kappa shape index (κ3) is 5.04. The maximum absolute atomic E-state index is 13.4. The molecule has 1 aromatic heterocycles. The number of anilines is 1. The monoisotopic (exact) mass is 439 g/mol. The van der Waals surface area contributed by atoms with Crippen molar-refractivity contribution in [1.29, 1.82) is 0 Å². The third-order valence-corrected chi connectivity index (χ3v) is 5.03. The number of amides is 2. The second kappa shape index (κ2) is 9.74. The molecule has 0 radical (unpaired) electrons. The van der Waals surface area contributed by atoms with Crippen LogP contribution in [0.4, 0.5) is 5.82 Å². The maximum Gasteiger partial charge on any atom is 0.356 e. The fraction of sp³-hybridized carbons (Fsp3) is 0.0769. The molecule has 0 fully saturated rings. The highest BCUT2D eigenvalue weighted by atomic mass is 16.4. The number of rotatable bonds is 7. The molecule has 164 valence electrons. The van der Waals surface area contributed by atoms with Gasteiger partial charge in [0.05, 0.1) is 18.5 Å². The Morgan fingerprint density at radius 3 is 1.64 bits per heavy atom. The Morgan fingerprint density at radius 2 is 1.18 bits per heavy atom. The van der Waals surface area contributed by atoms with E-state index >= 15 is 0 Å². The average molecular weight is 439 g/mol. The minimum Gasteiger partial charge on any atom is -0.476 e. The molecule has 0 aliphatic rings. The molecule has 2 amide bonds. The molecule has 1 N–H and O–H groups in total. The van der Waals surface area contributed by atoms with Crippen LogP contribution < -0.4 is 4.90 Å². The Kier molecular flexibility index (Phi) is 6.40. The third-order valence-electron chi connectivity index (χ3n) is 5.03. The number of aromatic nitrogens is 2. The van der Waals surface area contributed by atoms with Crippen molar-refractivity contribution in [2.45, 2.75) is 12.8 Å². The van der Waals surface area contributed by atoms with Gasteiger partial charge >= 0.3 is 5.97 Å². The van der Waals surface area contributed by atoms with E-state index < -0.39 is 17.8 Å². The summed E-state index contributed by atoms with van der Waals surface area (Å²) in [5.41, 5.74) is 1.75. The van der Waals surface area contributed by atoms with Crippen LogP contribution in [0.15, 0.2) is 97.1 Å².